The number of amides is 3. The van der Waals surface area contributed by atoms with Crippen molar-refractivity contribution in [2.24, 2.45) is 17.4 Å². The van der Waals surface area contributed by atoms with E-state index in [0.717, 1.165) is 24.2 Å². The summed E-state index contributed by atoms with van der Waals surface area (Å²) in [5, 5.41) is 9.83. The van der Waals surface area contributed by atoms with Gasteiger partial charge in [-0.3, -0.25) is 15.0 Å². The fraction of sp³-hybridized carbons (Fsp3) is 0.773. The predicted molar refractivity (Wildman–Crippen MR) is 122 cm³/mol. The van der Waals surface area contributed by atoms with Crippen LogP contribution in [0.4, 0.5) is 4.79 Å². The molecule has 2 fully saturated rings. The van der Waals surface area contributed by atoms with E-state index >= 15 is 0 Å². The lowest BCUT2D eigenvalue weighted by Crippen LogP contribution is -2.56. The molecular formula is C22H38N6O5. The van der Waals surface area contributed by atoms with Crippen LogP contribution in [0.1, 0.15) is 65.2 Å². The van der Waals surface area contributed by atoms with Gasteiger partial charge in [0.1, 0.15) is 12.3 Å². The van der Waals surface area contributed by atoms with Crippen LogP contribution in [0, 0.1) is 11.3 Å². The van der Waals surface area contributed by atoms with Crippen LogP contribution in [0.15, 0.2) is 0 Å². The molecule has 2 rings (SSSR count). The van der Waals surface area contributed by atoms with E-state index in [1.54, 1.807) is 13.8 Å². The summed E-state index contributed by atoms with van der Waals surface area (Å²) in [6, 6.07) is -2.60. The highest BCUT2D eigenvalue weighted by Crippen LogP contribution is 2.31. The van der Waals surface area contributed by atoms with Crippen LogP contribution in [0.2, 0.25) is 0 Å². The molecule has 33 heavy (non-hydrogen) atoms. The quantitative estimate of drug-likeness (QED) is 0.149. The highest BCUT2D eigenvalue weighted by atomic mass is 16.6. The number of hydrogen-bond acceptors (Lipinski definition) is 7. The number of carbonyl (C=O) groups excluding carboxylic acids is 4. The number of rotatable bonds is 11. The summed E-state index contributed by atoms with van der Waals surface area (Å²) in [7, 11) is 0. The lowest BCUT2D eigenvalue weighted by Gasteiger charge is -2.34. The average molecular weight is 467 g/mol. The number of nitrogens with zero attached hydrogens (tertiary/aromatic N) is 2. The Hall–Kier alpha value is -2.69. The number of carbonyl (C=O) groups is 4. The van der Waals surface area contributed by atoms with Crippen molar-refractivity contribution in [1.29, 1.82) is 5.41 Å². The van der Waals surface area contributed by atoms with Crippen LogP contribution < -0.4 is 16.8 Å². The standard InChI is InChI=1S/C22H38N6O5/c1-14(2)33-22(32)28(16(13-29)8-4-10-26-21(24)25)20(31)18-9-5-11-27(18)19(30)17(23)12-15-6-3-7-15/h13-18H,3-12,23H2,1-2H3,(H4,24,25,26)/t16-,17+,18-/m0/s1. The minimum atomic E-state index is -1.06. The zero-order valence-corrected chi connectivity index (χ0v) is 19.6. The molecule has 1 saturated carbocycles. The lowest BCUT2D eigenvalue weighted by atomic mass is 9.81. The molecule has 11 heteroatoms. The number of likely N-dealkylation sites (tertiary alicyclic amines) is 1. The zero-order valence-electron chi connectivity index (χ0n) is 19.6. The molecule has 11 nitrogen and oxygen atoms in total. The van der Waals surface area contributed by atoms with Crippen molar-refractivity contribution in [3.8, 4) is 0 Å². The topological polar surface area (TPSA) is 172 Å². The zero-order chi connectivity index (χ0) is 24.5. The summed E-state index contributed by atoms with van der Waals surface area (Å²) in [6.07, 6.45) is 4.58. The van der Waals surface area contributed by atoms with E-state index in [1.165, 1.54) is 4.90 Å². The molecule has 1 saturated heterocycles. The molecule has 3 amide bonds. The Morgan fingerprint density at radius 2 is 1.94 bits per heavy atom. The van der Waals surface area contributed by atoms with Crippen molar-refractivity contribution >= 4 is 30.2 Å². The Morgan fingerprint density at radius 3 is 2.48 bits per heavy atom. The predicted octanol–water partition coefficient (Wildman–Crippen LogP) is 0.699. The molecule has 0 aromatic rings. The molecule has 0 radical (unpaired) electrons. The van der Waals surface area contributed by atoms with E-state index in [2.05, 4.69) is 5.32 Å². The molecule has 0 spiro atoms. The van der Waals surface area contributed by atoms with Crippen molar-refractivity contribution in [2.45, 2.75) is 89.4 Å². The second kappa shape index (κ2) is 12.5. The van der Waals surface area contributed by atoms with Crippen LogP contribution in [0.5, 0.6) is 0 Å². The maximum absolute atomic E-state index is 13.5. The largest absolute Gasteiger partial charge is 0.446 e. The molecule has 3 atom stereocenters. The number of guanidine groups is 1. The van der Waals surface area contributed by atoms with Gasteiger partial charge in [-0.2, -0.15) is 0 Å². The molecule has 1 aliphatic heterocycles. The molecule has 0 bridgehead atoms. The van der Waals surface area contributed by atoms with E-state index in [4.69, 9.17) is 21.6 Å². The molecule has 1 heterocycles. The molecule has 1 aliphatic carbocycles. The summed E-state index contributed by atoms with van der Waals surface area (Å²) < 4.78 is 5.25. The minimum absolute atomic E-state index is 0.171. The first-order chi connectivity index (χ1) is 15.6. The maximum Gasteiger partial charge on any atom is 0.417 e. The van der Waals surface area contributed by atoms with Crippen LogP contribution in [0.3, 0.4) is 0 Å². The van der Waals surface area contributed by atoms with Crippen LogP contribution in [-0.2, 0) is 19.1 Å². The van der Waals surface area contributed by atoms with E-state index in [1.807, 2.05) is 0 Å². The van der Waals surface area contributed by atoms with E-state index in [9.17, 15) is 19.2 Å². The second-order valence-corrected chi connectivity index (χ2v) is 9.16. The van der Waals surface area contributed by atoms with E-state index in [-0.39, 0.29) is 18.3 Å². The normalized spacial score (nSPS) is 20.0. The SMILES string of the molecule is CC(C)OC(=O)N(C(=O)[C@@H]1CCCN1C(=O)[C@H](N)CC1CCC1)[C@H](C=O)CCCNC(=N)N. The Bertz CT molecular complexity index is 726. The highest BCUT2D eigenvalue weighted by Gasteiger charge is 2.43. The second-order valence-electron chi connectivity index (χ2n) is 9.16. The van der Waals surface area contributed by atoms with Gasteiger partial charge in [0.25, 0.3) is 5.91 Å². The molecular weight excluding hydrogens is 428 g/mol. The van der Waals surface area contributed by atoms with Crippen molar-refractivity contribution in [1.82, 2.24) is 15.1 Å². The number of aldehydes is 1. The Balaban J connectivity index is 2.14. The van der Waals surface area contributed by atoms with Crippen molar-refractivity contribution in [3.63, 3.8) is 0 Å². The van der Waals surface area contributed by atoms with Gasteiger partial charge >= 0.3 is 6.09 Å². The van der Waals surface area contributed by atoms with Gasteiger partial charge in [-0.25, -0.2) is 9.69 Å². The Labute approximate surface area is 195 Å². The van der Waals surface area contributed by atoms with E-state index in [0.29, 0.717) is 51.0 Å². The molecule has 0 aromatic carbocycles. The lowest BCUT2D eigenvalue weighted by molar-refractivity contribution is -0.146. The van der Waals surface area contributed by atoms with Crippen LogP contribution in [0.25, 0.3) is 0 Å². The fourth-order valence-corrected chi connectivity index (χ4v) is 4.29. The third-order valence-electron chi connectivity index (χ3n) is 6.20. The van der Waals surface area contributed by atoms with Crippen LogP contribution in [-0.4, -0.2) is 77.3 Å². The third kappa shape index (κ3) is 7.41. The van der Waals surface area contributed by atoms with Crippen molar-refractivity contribution in [2.75, 3.05) is 13.1 Å². The molecule has 6 N–H and O–H groups in total. The summed E-state index contributed by atoms with van der Waals surface area (Å²) in [5.41, 5.74) is 11.4. The van der Waals surface area contributed by atoms with Gasteiger partial charge in [0.2, 0.25) is 5.91 Å². The number of nitrogens with two attached hydrogens (primary N) is 2. The minimum Gasteiger partial charge on any atom is -0.446 e. The van der Waals surface area contributed by atoms with Gasteiger partial charge in [0, 0.05) is 13.1 Å². The highest BCUT2D eigenvalue weighted by molar-refractivity contribution is 5.99. The Morgan fingerprint density at radius 1 is 1.24 bits per heavy atom. The average Bonchev–Trinajstić information content (AvgIpc) is 3.20. The maximum atomic E-state index is 13.5. The number of ether oxygens (including phenoxy) is 1. The molecule has 0 unspecified atom stereocenters. The third-order valence-corrected chi connectivity index (χ3v) is 6.20. The first-order valence-corrected chi connectivity index (χ1v) is 11.8. The number of nitrogens with one attached hydrogen (secondary N) is 2. The smallest absolute Gasteiger partial charge is 0.417 e. The first kappa shape index (κ1) is 26.6. The summed E-state index contributed by atoms with van der Waals surface area (Å²) in [6.45, 7) is 4.00. The summed E-state index contributed by atoms with van der Waals surface area (Å²) in [4.78, 5) is 53.5. The van der Waals surface area contributed by atoms with Crippen LogP contribution >= 0.6 is 0 Å². The van der Waals surface area contributed by atoms with Gasteiger partial charge in [-0.15, -0.1) is 0 Å². The number of imide groups is 1. The van der Waals surface area contributed by atoms with Gasteiger partial charge in [-0.05, 0) is 51.9 Å². The van der Waals surface area contributed by atoms with Crippen molar-refractivity contribution in [3.05, 3.63) is 0 Å². The Kier molecular flexibility index (Phi) is 10.1. The molecule has 0 aromatic heterocycles. The monoisotopic (exact) mass is 466 g/mol. The van der Waals surface area contributed by atoms with Crippen molar-refractivity contribution < 1.29 is 23.9 Å². The van der Waals surface area contributed by atoms with Gasteiger partial charge in [0.05, 0.1) is 18.2 Å². The molecule has 2 aliphatic rings. The summed E-state index contributed by atoms with van der Waals surface area (Å²) in [5.74, 6) is -0.674. The first-order valence-electron chi connectivity index (χ1n) is 11.8. The molecule has 186 valence electrons. The van der Waals surface area contributed by atoms with Gasteiger partial charge in [-0.1, -0.05) is 19.3 Å². The van der Waals surface area contributed by atoms with Gasteiger partial charge in [0.15, 0.2) is 5.96 Å². The summed E-state index contributed by atoms with van der Waals surface area (Å²) >= 11 is 0. The fourth-order valence-electron chi connectivity index (χ4n) is 4.29. The van der Waals surface area contributed by atoms with Gasteiger partial charge < -0.3 is 31.2 Å². The van der Waals surface area contributed by atoms with E-state index < -0.39 is 36.2 Å². The number of hydrogen-bond donors (Lipinski definition) is 4.